The lowest BCUT2D eigenvalue weighted by Crippen LogP contribution is -2.15. The zero-order chi connectivity index (χ0) is 17.7. The lowest BCUT2D eigenvalue weighted by atomic mass is 10.0. The van der Waals surface area contributed by atoms with Gasteiger partial charge in [0.1, 0.15) is 0 Å². The molecule has 3 N–H and O–H groups in total. The van der Waals surface area contributed by atoms with Gasteiger partial charge in [-0.2, -0.15) is 0 Å². The van der Waals surface area contributed by atoms with Crippen LogP contribution >= 0.6 is 10.8 Å². The molecule has 2 rings (SSSR count). The molecular formula is C16H24N4O3S. The molecule has 0 saturated heterocycles. The van der Waals surface area contributed by atoms with E-state index in [0.717, 1.165) is 30.4 Å². The number of anilines is 1. The summed E-state index contributed by atoms with van der Waals surface area (Å²) in [7, 11) is -1.26. The highest BCUT2D eigenvalue weighted by Crippen LogP contribution is 2.37. The van der Waals surface area contributed by atoms with Gasteiger partial charge in [-0.05, 0) is 31.4 Å². The maximum absolute atomic E-state index is 11.6. The number of aromatic nitrogens is 3. The van der Waals surface area contributed by atoms with Crippen LogP contribution in [0, 0.1) is 0 Å². The summed E-state index contributed by atoms with van der Waals surface area (Å²) in [5.74, 6) is 0.337. The topological polar surface area (TPSA) is 100 Å². The van der Waals surface area contributed by atoms with Crippen LogP contribution in [0.25, 0.3) is 11.3 Å². The van der Waals surface area contributed by atoms with Crippen molar-refractivity contribution >= 4 is 16.7 Å². The molecule has 7 nitrogen and oxygen atoms in total. The van der Waals surface area contributed by atoms with Crippen LogP contribution in [0.2, 0.25) is 0 Å². The summed E-state index contributed by atoms with van der Waals surface area (Å²) in [4.78, 5) is 20.3. The van der Waals surface area contributed by atoms with E-state index in [1.54, 1.807) is 32.4 Å². The molecule has 0 radical (unpaired) electrons. The zero-order valence-electron chi connectivity index (χ0n) is 14.2. The molecule has 0 aliphatic heterocycles. The SMILES string of the molecule is CCCCc1cnc(NS(O)(O)CC)nc1-c1ccc(=O)n(C)c1. The number of aryl methyl sites for hydroxylation is 2. The third-order valence-electron chi connectivity index (χ3n) is 3.68. The first-order chi connectivity index (χ1) is 11.4. The molecule has 0 spiro atoms. The van der Waals surface area contributed by atoms with Gasteiger partial charge < -0.3 is 4.57 Å². The molecule has 0 saturated carbocycles. The van der Waals surface area contributed by atoms with E-state index >= 15 is 0 Å². The minimum absolute atomic E-state index is 0.0959. The maximum atomic E-state index is 11.6. The standard InChI is InChI=1S/C16H24N4O3S/c1-4-6-7-12-10-17-16(19-24(22,23)5-2)18-15(12)13-8-9-14(21)20(3)11-13/h8-11,22-23H,4-7H2,1-3H3,(H,17,18,19). The fraction of sp³-hybridized carbons (Fsp3) is 0.438. The Morgan fingerprint density at radius 1 is 1.29 bits per heavy atom. The third-order valence-corrected chi connectivity index (χ3v) is 5.00. The Kier molecular flexibility index (Phi) is 5.98. The van der Waals surface area contributed by atoms with E-state index in [2.05, 4.69) is 21.6 Å². The van der Waals surface area contributed by atoms with E-state index in [-0.39, 0.29) is 17.3 Å². The molecule has 0 atom stereocenters. The first-order valence-electron chi connectivity index (χ1n) is 7.93. The molecule has 2 aromatic rings. The maximum Gasteiger partial charge on any atom is 0.250 e. The molecule has 0 bridgehead atoms. The summed E-state index contributed by atoms with van der Waals surface area (Å²) >= 11 is 0. The smallest absolute Gasteiger partial charge is 0.250 e. The van der Waals surface area contributed by atoms with Gasteiger partial charge in [0.05, 0.1) is 11.4 Å². The quantitative estimate of drug-likeness (QED) is 0.707. The molecule has 132 valence electrons. The monoisotopic (exact) mass is 352 g/mol. The van der Waals surface area contributed by atoms with Gasteiger partial charge >= 0.3 is 0 Å². The molecule has 0 amide bonds. The zero-order valence-corrected chi connectivity index (χ0v) is 15.0. The number of hydrogen-bond acceptors (Lipinski definition) is 6. The highest BCUT2D eigenvalue weighted by atomic mass is 32.3. The van der Waals surface area contributed by atoms with Crippen molar-refractivity contribution in [1.82, 2.24) is 14.5 Å². The first-order valence-corrected chi connectivity index (χ1v) is 9.64. The van der Waals surface area contributed by atoms with Crippen LogP contribution in [0.5, 0.6) is 0 Å². The van der Waals surface area contributed by atoms with Gasteiger partial charge in [-0.1, -0.05) is 13.3 Å². The van der Waals surface area contributed by atoms with Gasteiger partial charge in [0.15, 0.2) is 0 Å². The fourth-order valence-corrected chi connectivity index (χ4v) is 2.74. The van der Waals surface area contributed by atoms with Crippen LogP contribution in [0.1, 0.15) is 32.3 Å². The number of rotatable bonds is 7. The molecule has 0 aromatic carbocycles. The summed E-state index contributed by atoms with van der Waals surface area (Å²) in [6, 6.07) is 3.22. The number of pyridine rings is 1. The Bertz CT molecular complexity index is 761. The van der Waals surface area contributed by atoms with Crippen molar-refractivity contribution in [3.8, 4) is 11.3 Å². The second kappa shape index (κ2) is 7.78. The van der Waals surface area contributed by atoms with Crippen LogP contribution in [0.15, 0.2) is 29.3 Å². The molecular weight excluding hydrogens is 328 g/mol. The lowest BCUT2D eigenvalue weighted by molar-refractivity contribution is 0.495. The normalized spacial score (nSPS) is 12.2. The second-order valence-electron chi connectivity index (χ2n) is 5.60. The van der Waals surface area contributed by atoms with E-state index < -0.39 is 10.8 Å². The van der Waals surface area contributed by atoms with E-state index in [4.69, 9.17) is 0 Å². The number of nitrogens with zero attached hydrogens (tertiary/aromatic N) is 3. The van der Waals surface area contributed by atoms with Crippen molar-refractivity contribution in [2.45, 2.75) is 33.1 Å². The molecule has 0 aliphatic rings. The highest BCUT2D eigenvalue weighted by Gasteiger charge is 2.14. The minimum atomic E-state index is -2.95. The van der Waals surface area contributed by atoms with Crippen LogP contribution in [-0.2, 0) is 13.5 Å². The third kappa shape index (κ3) is 4.56. The molecule has 2 aromatic heterocycles. The van der Waals surface area contributed by atoms with E-state index in [9.17, 15) is 13.9 Å². The minimum Gasteiger partial charge on any atom is -0.318 e. The van der Waals surface area contributed by atoms with Gasteiger partial charge in [-0.25, -0.2) is 9.97 Å². The van der Waals surface area contributed by atoms with Gasteiger partial charge in [-0.15, -0.1) is 10.8 Å². The van der Waals surface area contributed by atoms with Crippen molar-refractivity contribution in [3.05, 3.63) is 40.4 Å². The van der Waals surface area contributed by atoms with E-state index in [1.165, 1.54) is 10.6 Å². The van der Waals surface area contributed by atoms with Crippen LogP contribution < -0.4 is 10.3 Å². The van der Waals surface area contributed by atoms with Crippen LogP contribution in [0.4, 0.5) is 5.95 Å². The summed E-state index contributed by atoms with van der Waals surface area (Å²) in [5.41, 5.74) is 2.36. The Balaban J connectivity index is 2.47. The van der Waals surface area contributed by atoms with Crippen molar-refractivity contribution < 1.29 is 9.11 Å². The van der Waals surface area contributed by atoms with Crippen LogP contribution in [0.3, 0.4) is 0 Å². The number of unbranched alkanes of at least 4 members (excludes halogenated alkanes) is 1. The summed E-state index contributed by atoms with van der Waals surface area (Å²) in [5, 5.41) is 0. The van der Waals surface area contributed by atoms with E-state index in [0.29, 0.717) is 5.69 Å². The number of hydrogen-bond donors (Lipinski definition) is 3. The lowest BCUT2D eigenvalue weighted by Gasteiger charge is -2.31. The molecule has 0 unspecified atom stereocenters. The van der Waals surface area contributed by atoms with E-state index in [1.807, 2.05) is 0 Å². The molecule has 0 aliphatic carbocycles. The first kappa shape index (κ1) is 18.4. The Hall–Kier alpha value is -1.90. The Morgan fingerprint density at radius 3 is 2.67 bits per heavy atom. The average Bonchev–Trinajstić information content (AvgIpc) is 2.56. The molecule has 0 fully saturated rings. The second-order valence-corrected chi connectivity index (χ2v) is 7.71. The Labute approximate surface area is 143 Å². The Morgan fingerprint density at radius 2 is 2.04 bits per heavy atom. The molecule has 2 heterocycles. The number of nitrogens with one attached hydrogen (secondary N) is 1. The largest absolute Gasteiger partial charge is 0.318 e. The van der Waals surface area contributed by atoms with Crippen molar-refractivity contribution in [3.63, 3.8) is 0 Å². The predicted molar refractivity (Wildman–Crippen MR) is 98.3 cm³/mol. The fourth-order valence-electron chi connectivity index (χ4n) is 2.21. The van der Waals surface area contributed by atoms with Gasteiger partial charge in [0.25, 0.3) is 0 Å². The van der Waals surface area contributed by atoms with Gasteiger partial charge in [0.2, 0.25) is 11.5 Å². The van der Waals surface area contributed by atoms with Crippen molar-refractivity contribution in [2.24, 2.45) is 7.05 Å². The molecule has 24 heavy (non-hydrogen) atoms. The average molecular weight is 352 g/mol. The van der Waals surface area contributed by atoms with Crippen molar-refractivity contribution in [2.75, 3.05) is 10.5 Å². The van der Waals surface area contributed by atoms with Gasteiger partial charge in [0, 0.05) is 31.1 Å². The van der Waals surface area contributed by atoms with Crippen LogP contribution in [-0.4, -0.2) is 29.4 Å². The summed E-state index contributed by atoms with van der Waals surface area (Å²) in [6.45, 7) is 3.78. The van der Waals surface area contributed by atoms with Crippen molar-refractivity contribution in [1.29, 1.82) is 0 Å². The predicted octanol–water partition coefficient (Wildman–Crippen LogP) is 3.28. The summed E-state index contributed by atoms with van der Waals surface area (Å²) < 4.78 is 23.7. The summed E-state index contributed by atoms with van der Waals surface area (Å²) in [6.07, 6.45) is 6.29. The van der Waals surface area contributed by atoms with Gasteiger partial charge in [-0.3, -0.25) is 18.6 Å². The molecule has 8 heteroatoms. The highest BCUT2D eigenvalue weighted by molar-refractivity contribution is 8.25.